The van der Waals surface area contributed by atoms with Gasteiger partial charge in [0.05, 0.1) is 7.11 Å². The zero-order valence-electron chi connectivity index (χ0n) is 16.8. The van der Waals surface area contributed by atoms with E-state index in [1.807, 2.05) is 36.4 Å². The average molecular weight is 405 g/mol. The number of nitrogens with one attached hydrogen (secondary N) is 1. The standard InChI is InChI=1S/C25H25ClN2O/c1-18-22(16-27-15-19-9-4-8-14-25(19)29-2)21-11-5-7-13-24(21)28(18)17-20-10-3-6-12-23(20)26/h3-14,27H,15-17H2,1-2H3. The van der Waals surface area contributed by atoms with E-state index >= 15 is 0 Å². The zero-order chi connectivity index (χ0) is 20.2. The maximum absolute atomic E-state index is 6.43. The number of benzene rings is 3. The summed E-state index contributed by atoms with van der Waals surface area (Å²) in [5.74, 6) is 0.915. The molecule has 0 spiro atoms. The molecule has 0 atom stereocenters. The molecular formula is C25H25ClN2O. The summed E-state index contributed by atoms with van der Waals surface area (Å²) in [6.07, 6.45) is 0. The molecule has 0 saturated carbocycles. The van der Waals surface area contributed by atoms with Gasteiger partial charge in [-0.05, 0) is 36.2 Å². The monoisotopic (exact) mass is 404 g/mol. The van der Waals surface area contributed by atoms with Crippen LogP contribution >= 0.6 is 11.6 Å². The molecule has 0 amide bonds. The lowest BCUT2D eigenvalue weighted by molar-refractivity contribution is 0.407. The first kappa shape index (κ1) is 19.6. The Morgan fingerprint density at radius 3 is 2.34 bits per heavy atom. The SMILES string of the molecule is COc1ccccc1CNCc1c(C)n(Cc2ccccc2Cl)c2ccccc12. The Labute approximate surface area is 176 Å². The van der Waals surface area contributed by atoms with Crippen molar-refractivity contribution in [1.29, 1.82) is 0 Å². The third-order valence-electron chi connectivity index (χ3n) is 5.46. The average Bonchev–Trinajstić information content (AvgIpc) is 3.01. The molecule has 0 bridgehead atoms. The summed E-state index contributed by atoms with van der Waals surface area (Å²) in [5.41, 5.74) is 6.11. The molecule has 0 aliphatic rings. The second-order valence-corrected chi connectivity index (χ2v) is 7.58. The minimum Gasteiger partial charge on any atom is -0.496 e. The van der Waals surface area contributed by atoms with Gasteiger partial charge in [-0.2, -0.15) is 0 Å². The van der Waals surface area contributed by atoms with Gasteiger partial charge < -0.3 is 14.6 Å². The normalized spacial score (nSPS) is 11.1. The van der Waals surface area contributed by atoms with Crippen molar-refractivity contribution < 1.29 is 4.74 Å². The fraction of sp³-hybridized carbons (Fsp3) is 0.200. The van der Waals surface area contributed by atoms with E-state index in [1.165, 1.54) is 22.2 Å². The summed E-state index contributed by atoms with van der Waals surface area (Å²) >= 11 is 6.43. The van der Waals surface area contributed by atoms with Crippen LogP contribution in [0.2, 0.25) is 5.02 Å². The van der Waals surface area contributed by atoms with E-state index in [0.29, 0.717) is 0 Å². The Bertz CT molecular complexity index is 1130. The number of methoxy groups -OCH3 is 1. The molecule has 0 aliphatic heterocycles. The van der Waals surface area contributed by atoms with Gasteiger partial charge in [-0.15, -0.1) is 0 Å². The van der Waals surface area contributed by atoms with Crippen LogP contribution < -0.4 is 10.1 Å². The Kier molecular flexibility index (Phi) is 5.89. The summed E-state index contributed by atoms with van der Waals surface area (Å²) in [6.45, 7) is 4.50. The summed E-state index contributed by atoms with van der Waals surface area (Å²) in [5, 5.41) is 5.68. The molecular weight excluding hydrogens is 380 g/mol. The van der Waals surface area contributed by atoms with E-state index in [1.54, 1.807) is 7.11 Å². The van der Waals surface area contributed by atoms with Crippen LogP contribution in [-0.4, -0.2) is 11.7 Å². The first-order valence-corrected chi connectivity index (χ1v) is 10.2. The molecule has 0 fully saturated rings. The largest absolute Gasteiger partial charge is 0.496 e. The summed E-state index contributed by atoms with van der Waals surface area (Å²) < 4.78 is 7.82. The highest BCUT2D eigenvalue weighted by Crippen LogP contribution is 2.28. The van der Waals surface area contributed by atoms with Crippen LogP contribution in [0.5, 0.6) is 5.75 Å². The minimum absolute atomic E-state index is 0.757. The topological polar surface area (TPSA) is 26.2 Å². The molecule has 1 N–H and O–H groups in total. The van der Waals surface area contributed by atoms with Gasteiger partial charge in [-0.1, -0.05) is 66.2 Å². The van der Waals surface area contributed by atoms with Crippen molar-refractivity contribution in [1.82, 2.24) is 9.88 Å². The molecule has 4 rings (SSSR count). The highest BCUT2D eigenvalue weighted by Gasteiger charge is 2.14. The van der Waals surface area contributed by atoms with Crippen molar-refractivity contribution in [3.05, 3.63) is 100 Å². The van der Waals surface area contributed by atoms with Crippen LogP contribution in [-0.2, 0) is 19.6 Å². The molecule has 3 nitrogen and oxygen atoms in total. The highest BCUT2D eigenvalue weighted by molar-refractivity contribution is 6.31. The van der Waals surface area contributed by atoms with Crippen LogP contribution in [0.3, 0.4) is 0 Å². The van der Waals surface area contributed by atoms with E-state index in [2.05, 4.69) is 53.2 Å². The van der Waals surface area contributed by atoms with Crippen LogP contribution in [0.4, 0.5) is 0 Å². The Morgan fingerprint density at radius 1 is 0.862 bits per heavy atom. The van der Waals surface area contributed by atoms with Gasteiger partial charge in [0.25, 0.3) is 0 Å². The molecule has 1 heterocycles. The fourth-order valence-corrected chi connectivity index (χ4v) is 4.09. The summed E-state index contributed by atoms with van der Waals surface area (Å²) in [4.78, 5) is 0. The Hall–Kier alpha value is -2.75. The van der Waals surface area contributed by atoms with Crippen LogP contribution in [0, 0.1) is 6.92 Å². The Morgan fingerprint density at radius 2 is 1.55 bits per heavy atom. The number of ether oxygens (including phenoxy) is 1. The van der Waals surface area contributed by atoms with E-state index in [4.69, 9.17) is 16.3 Å². The number of rotatable bonds is 7. The number of fused-ring (bicyclic) bond motifs is 1. The molecule has 0 aliphatic carbocycles. The molecule has 4 heteroatoms. The van der Waals surface area contributed by atoms with Crippen molar-refractivity contribution in [2.45, 2.75) is 26.6 Å². The van der Waals surface area contributed by atoms with Gasteiger partial charge in [0.2, 0.25) is 0 Å². The first-order chi connectivity index (χ1) is 14.2. The number of hydrogen-bond donors (Lipinski definition) is 1. The van der Waals surface area contributed by atoms with Crippen LogP contribution in [0.25, 0.3) is 10.9 Å². The molecule has 0 unspecified atom stereocenters. The molecule has 0 radical (unpaired) electrons. The molecule has 4 aromatic rings. The Balaban J connectivity index is 1.61. The van der Waals surface area contributed by atoms with Gasteiger partial charge in [0.1, 0.15) is 5.75 Å². The number of hydrogen-bond acceptors (Lipinski definition) is 2. The quantitative estimate of drug-likeness (QED) is 0.412. The molecule has 148 valence electrons. The van der Waals surface area contributed by atoms with Gasteiger partial charge >= 0.3 is 0 Å². The van der Waals surface area contributed by atoms with Gasteiger partial charge in [0.15, 0.2) is 0 Å². The fourth-order valence-electron chi connectivity index (χ4n) is 3.90. The number of nitrogens with zero attached hydrogens (tertiary/aromatic N) is 1. The number of aromatic nitrogens is 1. The maximum Gasteiger partial charge on any atom is 0.123 e. The van der Waals surface area contributed by atoms with Crippen molar-refractivity contribution in [3.8, 4) is 5.75 Å². The smallest absolute Gasteiger partial charge is 0.123 e. The van der Waals surface area contributed by atoms with Crippen molar-refractivity contribution in [2.75, 3.05) is 7.11 Å². The predicted octanol–water partition coefficient (Wildman–Crippen LogP) is 5.95. The highest BCUT2D eigenvalue weighted by atomic mass is 35.5. The lowest BCUT2D eigenvalue weighted by atomic mass is 10.1. The maximum atomic E-state index is 6.43. The molecule has 3 aromatic carbocycles. The lowest BCUT2D eigenvalue weighted by Gasteiger charge is -2.11. The number of para-hydroxylation sites is 2. The third-order valence-corrected chi connectivity index (χ3v) is 5.83. The van der Waals surface area contributed by atoms with Gasteiger partial charge in [-0.25, -0.2) is 0 Å². The predicted molar refractivity (Wildman–Crippen MR) is 121 cm³/mol. The van der Waals surface area contributed by atoms with Crippen LogP contribution in [0.1, 0.15) is 22.4 Å². The lowest BCUT2D eigenvalue weighted by Crippen LogP contribution is -2.14. The number of halogens is 1. The summed E-state index contributed by atoms with van der Waals surface area (Å²) in [7, 11) is 1.71. The van der Waals surface area contributed by atoms with E-state index in [0.717, 1.165) is 41.5 Å². The van der Waals surface area contributed by atoms with Crippen molar-refractivity contribution in [3.63, 3.8) is 0 Å². The van der Waals surface area contributed by atoms with E-state index in [-0.39, 0.29) is 0 Å². The summed E-state index contributed by atoms with van der Waals surface area (Å²) in [6, 6.07) is 24.8. The van der Waals surface area contributed by atoms with E-state index in [9.17, 15) is 0 Å². The minimum atomic E-state index is 0.757. The molecule has 0 saturated heterocycles. The van der Waals surface area contributed by atoms with Crippen molar-refractivity contribution >= 4 is 22.5 Å². The van der Waals surface area contributed by atoms with Gasteiger partial charge in [-0.3, -0.25) is 0 Å². The first-order valence-electron chi connectivity index (χ1n) is 9.81. The molecule has 1 aromatic heterocycles. The molecule has 29 heavy (non-hydrogen) atoms. The third kappa shape index (κ3) is 4.02. The second-order valence-electron chi connectivity index (χ2n) is 7.17. The van der Waals surface area contributed by atoms with E-state index < -0.39 is 0 Å². The van der Waals surface area contributed by atoms with Gasteiger partial charge in [0, 0.05) is 46.8 Å². The zero-order valence-corrected chi connectivity index (χ0v) is 17.5. The van der Waals surface area contributed by atoms with Crippen LogP contribution in [0.15, 0.2) is 72.8 Å². The second kappa shape index (κ2) is 8.73. The van der Waals surface area contributed by atoms with Crippen molar-refractivity contribution in [2.24, 2.45) is 0 Å².